The van der Waals surface area contributed by atoms with Crippen LogP contribution >= 0.6 is 0 Å². The summed E-state index contributed by atoms with van der Waals surface area (Å²) in [5, 5.41) is 0.0941. The Morgan fingerprint density at radius 3 is 2.29 bits per heavy atom. The Balaban J connectivity index is 2.41. The zero-order valence-corrected chi connectivity index (χ0v) is 17.3. The molecule has 0 bridgehead atoms. The Kier molecular flexibility index (Phi) is 5.32. The van der Waals surface area contributed by atoms with E-state index in [9.17, 15) is 4.79 Å². The first-order valence-corrected chi connectivity index (χ1v) is 11.6. The minimum atomic E-state index is -1.99. The third-order valence-corrected chi connectivity index (χ3v) is 10.5. The van der Waals surface area contributed by atoms with Gasteiger partial charge < -0.3 is 13.9 Å². The Hall–Kier alpha value is -0.753. The number of rotatable bonds is 4. The van der Waals surface area contributed by atoms with Crippen molar-refractivity contribution in [2.24, 2.45) is 11.8 Å². The molecule has 0 aromatic heterocycles. The number of methoxy groups -OCH3 is 2. The molecule has 136 valence electrons. The quantitative estimate of drug-likeness (QED) is 0.434. The molecule has 5 heteroatoms. The monoisotopic (exact) mass is 352 g/mol. The van der Waals surface area contributed by atoms with Crippen molar-refractivity contribution >= 4 is 14.1 Å². The van der Waals surface area contributed by atoms with Crippen LogP contribution in [0.2, 0.25) is 18.1 Å². The molecular formula is C19H32O4Si. The molecule has 0 aromatic rings. The van der Waals surface area contributed by atoms with E-state index in [1.807, 2.05) is 6.92 Å². The van der Waals surface area contributed by atoms with Crippen molar-refractivity contribution < 1.29 is 18.7 Å². The predicted octanol–water partition coefficient (Wildman–Crippen LogP) is 4.09. The Bertz CT molecular complexity index is 552. The van der Waals surface area contributed by atoms with Crippen molar-refractivity contribution in [1.82, 2.24) is 0 Å². The largest absolute Gasteiger partial charge is 0.410 e. The average molecular weight is 353 g/mol. The molecule has 2 aliphatic carbocycles. The van der Waals surface area contributed by atoms with Crippen LogP contribution in [0, 0.1) is 11.8 Å². The molecule has 0 N–H and O–H groups in total. The average Bonchev–Trinajstić information content (AvgIpc) is 2.47. The fourth-order valence-electron chi connectivity index (χ4n) is 3.65. The highest BCUT2D eigenvalue weighted by molar-refractivity contribution is 6.74. The highest BCUT2D eigenvalue weighted by atomic mass is 28.4. The summed E-state index contributed by atoms with van der Waals surface area (Å²) in [6.45, 7) is 13.0. The molecule has 0 spiro atoms. The second-order valence-electron chi connectivity index (χ2n) is 8.44. The van der Waals surface area contributed by atoms with Gasteiger partial charge in [-0.2, -0.15) is 0 Å². The number of fused-ring (bicyclic) bond motifs is 1. The first-order chi connectivity index (χ1) is 11.0. The topological polar surface area (TPSA) is 44.8 Å². The zero-order chi connectivity index (χ0) is 18.3. The second kappa shape index (κ2) is 6.52. The smallest absolute Gasteiger partial charge is 0.194 e. The fourth-order valence-corrected chi connectivity index (χ4v) is 4.91. The van der Waals surface area contributed by atoms with Gasteiger partial charge in [0.15, 0.2) is 19.9 Å². The molecule has 0 saturated heterocycles. The minimum absolute atomic E-state index is 0.0650. The summed E-state index contributed by atoms with van der Waals surface area (Å²) in [6, 6.07) is 0. The van der Waals surface area contributed by atoms with Crippen LogP contribution in [0.3, 0.4) is 0 Å². The van der Waals surface area contributed by atoms with Crippen molar-refractivity contribution in [2.75, 3.05) is 14.2 Å². The van der Waals surface area contributed by atoms with E-state index in [1.165, 1.54) is 0 Å². The first-order valence-electron chi connectivity index (χ1n) is 8.67. The van der Waals surface area contributed by atoms with Crippen LogP contribution in [0.4, 0.5) is 0 Å². The summed E-state index contributed by atoms with van der Waals surface area (Å²) in [5.74, 6) is -1.05. The highest BCUT2D eigenvalue weighted by Gasteiger charge is 2.54. The Morgan fingerprint density at radius 2 is 1.79 bits per heavy atom. The molecule has 0 radical (unpaired) electrons. The molecule has 2 aliphatic rings. The van der Waals surface area contributed by atoms with Crippen LogP contribution in [0.25, 0.3) is 0 Å². The second-order valence-corrected chi connectivity index (χ2v) is 13.2. The molecule has 2 rings (SSSR count). The predicted molar refractivity (Wildman–Crippen MR) is 98.3 cm³/mol. The SMILES string of the molecule is COC1(OC)C(C)=CC(=O)[C@@H]2[C@H](O[Si](C)(C)C(C)(C)C)C=CC[C@@H]21. The maximum Gasteiger partial charge on any atom is 0.194 e. The number of allylic oxidation sites excluding steroid dienone is 2. The van der Waals surface area contributed by atoms with E-state index in [4.69, 9.17) is 13.9 Å². The van der Waals surface area contributed by atoms with Crippen molar-refractivity contribution in [2.45, 2.75) is 64.1 Å². The van der Waals surface area contributed by atoms with Crippen molar-refractivity contribution in [3.05, 3.63) is 23.8 Å². The van der Waals surface area contributed by atoms with Gasteiger partial charge in [-0.15, -0.1) is 0 Å². The molecule has 0 saturated carbocycles. The van der Waals surface area contributed by atoms with Crippen molar-refractivity contribution in [3.8, 4) is 0 Å². The van der Waals surface area contributed by atoms with Gasteiger partial charge in [0.25, 0.3) is 0 Å². The molecule has 0 unspecified atom stereocenters. The molecular weight excluding hydrogens is 320 g/mol. The van der Waals surface area contributed by atoms with Crippen LogP contribution in [-0.2, 0) is 18.7 Å². The molecule has 0 heterocycles. The van der Waals surface area contributed by atoms with E-state index >= 15 is 0 Å². The number of carbonyl (C=O) groups excluding carboxylic acids is 1. The number of hydrogen-bond donors (Lipinski definition) is 0. The normalized spacial score (nSPS) is 30.1. The zero-order valence-electron chi connectivity index (χ0n) is 16.3. The third kappa shape index (κ3) is 3.07. The van der Waals surface area contributed by atoms with E-state index < -0.39 is 14.1 Å². The summed E-state index contributed by atoms with van der Waals surface area (Å²) < 4.78 is 18.2. The molecule has 0 fully saturated rings. The lowest BCUT2D eigenvalue weighted by Gasteiger charge is -2.49. The van der Waals surface area contributed by atoms with Gasteiger partial charge in [-0.25, -0.2) is 0 Å². The summed E-state index contributed by atoms with van der Waals surface area (Å²) >= 11 is 0. The molecule has 4 nitrogen and oxygen atoms in total. The van der Waals surface area contributed by atoms with E-state index in [0.29, 0.717) is 0 Å². The lowest BCUT2D eigenvalue weighted by molar-refractivity contribution is -0.230. The van der Waals surface area contributed by atoms with Crippen molar-refractivity contribution in [3.63, 3.8) is 0 Å². The summed E-state index contributed by atoms with van der Waals surface area (Å²) in [7, 11) is 1.31. The fraction of sp³-hybridized carbons (Fsp3) is 0.737. The van der Waals surface area contributed by atoms with E-state index in [2.05, 4.69) is 46.0 Å². The van der Waals surface area contributed by atoms with Gasteiger partial charge in [0.1, 0.15) is 0 Å². The van der Waals surface area contributed by atoms with Gasteiger partial charge >= 0.3 is 0 Å². The standard InChI is InChI=1S/C19H32O4Si/c1-13-12-15(20)17-14(19(13,21-5)22-6)10-9-11-16(17)23-24(7,8)18(2,3)4/h9,11-12,14,16-17H,10H2,1-8H3/t14-,16+,17+/m0/s1. The van der Waals surface area contributed by atoms with Crippen LogP contribution in [0.1, 0.15) is 34.1 Å². The van der Waals surface area contributed by atoms with E-state index in [0.717, 1.165) is 12.0 Å². The van der Waals surface area contributed by atoms with Crippen molar-refractivity contribution in [1.29, 1.82) is 0 Å². The van der Waals surface area contributed by atoms with Crippen LogP contribution in [0.15, 0.2) is 23.8 Å². The number of ether oxygens (including phenoxy) is 2. The van der Waals surface area contributed by atoms with Gasteiger partial charge in [-0.3, -0.25) is 4.79 Å². The lowest BCUT2D eigenvalue weighted by Crippen LogP contribution is -2.57. The lowest BCUT2D eigenvalue weighted by atomic mass is 9.68. The number of carbonyl (C=O) groups is 1. The number of hydrogen-bond acceptors (Lipinski definition) is 4. The van der Waals surface area contributed by atoms with Gasteiger partial charge in [0.05, 0.1) is 12.0 Å². The maximum atomic E-state index is 12.8. The van der Waals surface area contributed by atoms with Gasteiger partial charge in [-0.05, 0) is 43.1 Å². The minimum Gasteiger partial charge on any atom is -0.410 e. The third-order valence-electron chi connectivity index (χ3n) is 6.07. The van der Waals surface area contributed by atoms with Gasteiger partial charge in [-0.1, -0.05) is 32.9 Å². The maximum absolute atomic E-state index is 12.8. The van der Waals surface area contributed by atoms with Crippen LogP contribution in [-0.4, -0.2) is 40.2 Å². The molecule has 0 aromatic carbocycles. The molecule has 0 aliphatic heterocycles. The molecule has 0 amide bonds. The van der Waals surface area contributed by atoms with Crippen LogP contribution in [0.5, 0.6) is 0 Å². The van der Waals surface area contributed by atoms with Gasteiger partial charge in [0, 0.05) is 20.1 Å². The van der Waals surface area contributed by atoms with E-state index in [-0.39, 0.29) is 28.8 Å². The number of ketones is 1. The summed E-state index contributed by atoms with van der Waals surface area (Å²) in [6.07, 6.45) is 6.38. The summed E-state index contributed by atoms with van der Waals surface area (Å²) in [5.41, 5.74) is 0.833. The molecule has 24 heavy (non-hydrogen) atoms. The Morgan fingerprint density at radius 1 is 1.21 bits per heavy atom. The van der Waals surface area contributed by atoms with Gasteiger partial charge in [0.2, 0.25) is 0 Å². The Labute approximate surface area is 147 Å². The summed E-state index contributed by atoms with van der Waals surface area (Å²) in [4.78, 5) is 12.8. The van der Waals surface area contributed by atoms with E-state index in [1.54, 1.807) is 20.3 Å². The molecule has 3 atom stereocenters. The first kappa shape index (κ1) is 19.6. The highest BCUT2D eigenvalue weighted by Crippen LogP contribution is 2.47. The van der Waals surface area contributed by atoms with Crippen LogP contribution < -0.4 is 0 Å².